The van der Waals surface area contributed by atoms with Crippen LogP contribution in [0.4, 0.5) is 10.1 Å². The summed E-state index contributed by atoms with van der Waals surface area (Å²) >= 11 is 0. The van der Waals surface area contributed by atoms with Crippen LogP contribution in [0.1, 0.15) is 5.69 Å². The Balaban J connectivity index is 2.02. The zero-order valence-electron chi connectivity index (χ0n) is 15.2. The average Bonchev–Trinajstić information content (AvgIpc) is 2.79. The molecule has 4 aromatic rings. The number of nitrogens with zero attached hydrogens (tertiary/aromatic N) is 4. The van der Waals surface area contributed by atoms with Crippen molar-refractivity contribution in [2.45, 2.75) is 0 Å². The maximum Gasteiger partial charge on any atom is 0.222 e. The van der Waals surface area contributed by atoms with E-state index in [1.165, 1.54) is 18.2 Å². The lowest BCUT2D eigenvalue weighted by Crippen LogP contribution is -2.01. The molecule has 0 atom stereocenters. The van der Waals surface area contributed by atoms with E-state index in [2.05, 4.69) is 15.9 Å². The molecule has 0 N–H and O–H groups in total. The van der Waals surface area contributed by atoms with Crippen molar-refractivity contribution in [3.8, 4) is 39.8 Å². The standard InChI is InChI=1S/C24H13FN4/c1-27-20-14-18(12-13-19(20)25)22-21(15-26)28-23(16-8-4-2-5-9-16)24(29-22)17-10-6-3-7-11-17/h2-14H. The molecule has 1 aromatic heterocycles. The van der Waals surface area contributed by atoms with Crippen LogP contribution in [0, 0.1) is 23.7 Å². The molecular formula is C24H13FN4. The predicted molar refractivity (Wildman–Crippen MR) is 109 cm³/mol. The first-order chi connectivity index (χ1) is 14.2. The zero-order valence-corrected chi connectivity index (χ0v) is 15.2. The van der Waals surface area contributed by atoms with Crippen molar-refractivity contribution in [3.05, 3.63) is 102 Å². The molecule has 0 aliphatic carbocycles. The topological polar surface area (TPSA) is 53.9 Å². The first-order valence-corrected chi connectivity index (χ1v) is 8.81. The van der Waals surface area contributed by atoms with Crippen LogP contribution < -0.4 is 0 Å². The fourth-order valence-electron chi connectivity index (χ4n) is 3.05. The van der Waals surface area contributed by atoms with E-state index in [4.69, 9.17) is 11.6 Å². The number of rotatable bonds is 3. The first kappa shape index (κ1) is 18.0. The summed E-state index contributed by atoms with van der Waals surface area (Å²) in [6, 6.07) is 25.3. The SMILES string of the molecule is [C-]#[N+]c1cc(-c2nc(-c3ccccc3)c(-c3ccccc3)nc2C#N)ccc1F. The highest BCUT2D eigenvalue weighted by Gasteiger charge is 2.18. The van der Waals surface area contributed by atoms with Gasteiger partial charge in [-0.2, -0.15) is 5.26 Å². The molecule has 29 heavy (non-hydrogen) atoms. The summed E-state index contributed by atoms with van der Waals surface area (Å²) in [5.74, 6) is -0.612. The highest BCUT2D eigenvalue weighted by Crippen LogP contribution is 2.34. The summed E-state index contributed by atoms with van der Waals surface area (Å²) < 4.78 is 13.8. The summed E-state index contributed by atoms with van der Waals surface area (Å²) in [4.78, 5) is 12.6. The van der Waals surface area contributed by atoms with E-state index in [0.717, 1.165) is 11.1 Å². The van der Waals surface area contributed by atoms with Crippen LogP contribution in [0.15, 0.2) is 78.9 Å². The Bertz CT molecular complexity index is 1270. The van der Waals surface area contributed by atoms with Gasteiger partial charge in [-0.05, 0) is 17.7 Å². The number of benzene rings is 3. The van der Waals surface area contributed by atoms with Crippen molar-refractivity contribution < 1.29 is 4.39 Å². The molecule has 0 fully saturated rings. The fourth-order valence-corrected chi connectivity index (χ4v) is 3.05. The van der Waals surface area contributed by atoms with Gasteiger partial charge in [-0.15, -0.1) is 0 Å². The van der Waals surface area contributed by atoms with Gasteiger partial charge in [-0.3, -0.25) is 0 Å². The molecule has 4 nitrogen and oxygen atoms in total. The Kier molecular flexibility index (Phi) is 4.80. The largest absolute Gasteiger partial charge is 0.242 e. The maximum atomic E-state index is 13.8. The molecule has 136 valence electrons. The first-order valence-electron chi connectivity index (χ1n) is 8.81. The molecular weight excluding hydrogens is 363 g/mol. The number of hydrogen-bond donors (Lipinski definition) is 0. The minimum Gasteiger partial charge on any atom is -0.242 e. The lowest BCUT2D eigenvalue weighted by molar-refractivity contribution is 0.634. The third-order valence-corrected chi connectivity index (χ3v) is 4.44. The molecule has 0 aliphatic heterocycles. The van der Waals surface area contributed by atoms with Gasteiger partial charge in [-0.1, -0.05) is 66.7 Å². The fraction of sp³-hybridized carbons (Fsp3) is 0. The average molecular weight is 376 g/mol. The van der Waals surface area contributed by atoms with E-state index in [-0.39, 0.29) is 11.4 Å². The quantitative estimate of drug-likeness (QED) is 0.410. The molecule has 0 spiro atoms. The monoisotopic (exact) mass is 376 g/mol. The van der Waals surface area contributed by atoms with E-state index in [0.29, 0.717) is 22.6 Å². The predicted octanol–water partition coefficient (Wildman–Crippen LogP) is 6.04. The summed E-state index contributed by atoms with van der Waals surface area (Å²) in [6.45, 7) is 7.15. The second kappa shape index (κ2) is 7.72. The van der Waals surface area contributed by atoms with Crippen LogP contribution in [-0.4, -0.2) is 9.97 Å². The lowest BCUT2D eigenvalue weighted by Gasteiger charge is -2.13. The van der Waals surface area contributed by atoms with Gasteiger partial charge in [0.1, 0.15) is 17.6 Å². The molecule has 1 heterocycles. The third-order valence-electron chi connectivity index (χ3n) is 4.44. The van der Waals surface area contributed by atoms with Gasteiger partial charge in [0.15, 0.2) is 5.69 Å². The van der Waals surface area contributed by atoms with Crippen molar-refractivity contribution in [2.75, 3.05) is 0 Å². The van der Waals surface area contributed by atoms with E-state index in [1.807, 2.05) is 60.7 Å². The van der Waals surface area contributed by atoms with Gasteiger partial charge in [0.25, 0.3) is 0 Å². The molecule has 0 saturated heterocycles. The van der Waals surface area contributed by atoms with Crippen molar-refractivity contribution >= 4 is 5.69 Å². The lowest BCUT2D eigenvalue weighted by atomic mass is 10.0. The minimum absolute atomic E-state index is 0.117. The molecule has 0 unspecified atom stereocenters. The molecule has 5 heteroatoms. The van der Waals surface area contributed by atoms with Crippen molar-refractivity contribution in [2.24, 2.45) is 0 Å². The Morgan fingerprint density at radius 3 is 1.90 bits per heavy atom. The molecule has 4 rings (SSSR count). The van der Waals surface area contributed by atoms with Crippen LogP contribution in [0.2, 0.25) is 0 Å². The van der Waals surface area contributed by atoms with Gasteiger partial charge in [0.2, 0.25) is 5.69 Å². The number of aromatic nitrogens is 2. The van der Waals surface area contributed by atoms with Gasteiger partial charge in [0.05, 0.1) is 18.0 Å². The third kappa shape index (κ3) is 3.45. The number of halogens is 1. The normalized spacial score (nSPS) is 10.2. The Morgan fingerprint density at radius 1 is 0.759 bits per heavy atom. The van der Waals surface area contributed by atoms with Crippen LogP contribution in [0.25, 0.3) is 38.6 Å². The van der Waals surface area contributed by atoms with Crippen molar-refractivity contribution in [1.29, 1.82) is 5.26 Å². The second-order valence-electron chi connectivity index (χ2n) is 6.24. The van der Waals surface area contributed by atoms with E-state index < -0.39 is 5.82 Å². The Morgan fingerprint density at radius 2 is 1.34 bits per heavy atom. The summed E-state index contributed by atoms with van der Waals surface area (Å²) in [6.07, 6.45) is 0. The molecule has 0 saturated carbocycles. The second-order valence-corrected chi connectivity index (χ2v) is 6.24. The summed E-state index contributed by atoms with van der Waals surface area (Å²) in [7, 11) is 0. The smallest absolute Gasteiger partial charge is 0.222 e. The minimum atomic E-state index is -0.612. The molecule has 0 amide bonds. The molecule has 0 bridgehead atoms. The van der Waals surface area contributed by atoms with Crippen molar-refractivity contribution in [1.82, 2.24) is 9.97 Å². The number of hydrogen-bond acceptors (Lipinski definition) is 3. The van der Waals surface area contributed by atoms with Gasteiger partial charge in [0, 0.05) is 11.1 Å². The maximum absolute atomic E-state index is 13.8. The number of nitriles is 1. The van der Waals surface area contributed by atoms with E-state index >= 15 is 0 Å². The Hall–Kier alpha value is -4.35. The van der Waals surface area contributed by atoms with Gasteiger partial charge < -0.3 is 0 Å². The summed E-state index contributed by atoms with van der Waals surface area (Å²) in [5, 5.41) is 9.71. The van der Waals surface area contributed by atoms with E-state index in [9.17, 15) is 9.65 Å². The highest BCUT2D eigenvalue weighted by molar-refractivity contribution is 5.81. The van der Waals surface area contributed by atoms with Crippen LogP contribution in [-0.2, 0) is 0 Å². The van der Waals surface area contributed by atoms with Crippen LogP contribution in [0.5, 0.6) is 0 Å². The molecule has 0 radical (unpaired) electrons. The van der Waals surface area contributed by atoms with Crippen LogP contribution in [0.3, 0.4) is 0 Å². The van der Waals surface area contributed by atoms with Gasteiger partial charge in [-0.25, -0.2) is 19.2 Å². The highest BCUT2D eigenvalue weighted by atomic mass is 19.1. The molecule has 0 aliphatic rings. The Labute approximate surface area is 167 Å². The van der Waals surface area contributed by atoms with Gasteiger partial charge >= 0.3 is 0 Å². The molecule has 3 aromatic carbocycles. The van der Waals surface area contributed by atoms with Crippen LogP contribution >= 0.6 is 0 Å². The van der Waals surface area contributed by atoms with E-state index in [1.54, 1.807) is 0 Å². The van der Waals surface area contributed by atoms with Crippen molar-refractivity contribution in [3.63, 3.8) is 0 Å². The summed E-state index contributed by atoms with van der Waals surface area (Å²) in [5.41, 5.74) is 3.66. The zero-order chi connectivity index (χ0) is 20.2.